The van der Waals surface area contributed by atoms with E-state index in [-0.39, 0.29) is 0 Å². The highest BCUT2D eigenvalue weighted by atomic mass is 19.6. The minimum absolute atomic E-state index is 0.806. The summed E-state index contributed by atoms with van der Waals surface area (Å²) in [7, 11) is 0. The van der Waals surface area contributed by atoms with Crippen molar-refractivity contribution in [3.8, 4) is 0 Å². The molecule has 0 aromatic carbocycles. The topological polar surface area (TPSA) is 0 Å². The predicted octanol–water partition coefficient (Wildman–Crippen LogP) is 1.64. The summed E-state index contributed by atoms with van der Waals surface area (Å²) in [5.41, 5.74) is 0. The Morgan fingerprint density at radius 2 is 1.86 bits per heavy atom. The largest absolute Gasteiger partial charge is 0.248 e. The smallest absolute Gasteiger partial charge is 0.0971 e. The van der Waals surface area contributed by atoms with Crippen molar-refractivity contribution in [1.82, 2.24) is 0 Å². The summed E-state index contributed by atoms with van der Waals surface area (Å²) < 4.78 is 32.8. The van der Waals surface area contributed by atoms with E-state index < -0.39 is 11.7 Å². The highest BCUT2D eigenvalue weighted by Gasteiger charge is 2.27. The molecule has 0 N–H and O–H groups in total. The van der Waals surface area contributed by atoms with Crippen LogP contribution in [-0.2, 0) is 0 Å². The lowest BCUT2D eigenvalue weighted by atomic mass is 10.7. The maximum atomic E-state index is 10.9. The summed E-state index contributed by atoms with van der Waals surface area (Å²) in [6, 6.07) is 0. The zero-order valence-corrected chi connectivity index (χ0v) is 3.57. The summed E-state index contributed by atoms with van der Waals surface area (Å²) in [6.07, 6.45) is 0.806. The van der Waals surface area contributed by atoms with Gasteiger partial charge in [-0.3, -0.25) is 0 Å². The van der Waals surface area contributed by atoms with E-state index in [1.165, 1.54) is 0 Å². The van der Waals surface area contributed by atoms with Crippen molar-refractivity contribution in [2.45, 2.75) is 0 Å². The number of rotatable bonds is 2. The highest BCUT2D eigenvalue weighted by molar-refractivity contribution is 4.61. The Balaban J connectivity index is 3.34. The van der Waals surface area contributed by atoms with Crippen LogP contribution in [0.2, 0.25) is 0 Å². The third-order valence-electron chi connectivity index (χ3n) is 0.336. The van der Waals surface area contributed by atoms with Crippen LogP contribution < -0.4 is 0 Å². The Morgan fingerprint density at radius 1 is 1.43 bits per heavy atom. The van der Waals surface area contributed by atoms with Crippen molar-refractivity contribution < 1.29 is 18.6 Å². The molecule has 0 heterocycles. The first-order valence-electron chi connectivity index (χ1n) is 1.64. The van der Waals surface area contributed by atoms with Crippen molar-refractivity contribution in [2.24, 2.45) is 0 Å². The molecule has 0 atom stereocenters. The molecule has 0 unspecified atom stereocenters. The van der Waals surface area contributed by atoms with Gasteiger partial charge in [0.25, 0.3) is 0 Å². The maximum Gasteiger partial charge on any atom is 0.248 e. The van der Waals surface area contributed by atoms with Crippen molar-refractivity contribution in [1.29, 1.82) is 0 Å². The fourth-order valence-electron chi connectivity index (χ4n) is 0.146. The average molecular weight is 112 g/mol. The van der Waals surface area contributed by atoms with Gasteiger partial charge in [0.05, 0.1) is 13.4 Å². The third-order valence-corrected chi connectivity index (χ3v) is 0.336. The first-order valence-corrected chi connectivity index (χ1v) is 1.64. The van der Waals surface area contributed by atoms with Crippen molar-refractivity contribution in [2.75, 3.05) is 6.54 Å². The Morgan fingerprint density at radius 3 is 1.86 bits per heavy atom. The standard InChI is InChI=1S/C3H5F3N/c1-2-3-7(4,5)6/h2H,1,3H2/q+1. The normalized spacial score (nSPS) is 11.3. The second-order valence-corrected chi connectivity index (χ2v) is 1.02. The minimum atomic E-state index is -3.52. The van der Waals surface area contributed by atoms with Crippen LogP contribution in [0.15, 0.2) is 12.7 Å². The summed E-state index contributed by atoms with van der Waals surface area (Å²) in [6.45, 7) is 1.95. The lowest BCUT2D eigenvalue weighted by Crippen LogP contribution is -2.17. The third kappa shape index (κ3) is 5.49. The molecule has 0 aliphatic rings. The summed E-state index contributed by atoms with van der Waals surface area (Å²) in [5, 5.41) is -3.52. The van der Waals surface area contributed by atoms with Crippen LogP contribution in [0.3, 0.4) is 0 Å². The maximum absolute atomic E-state index is 10.9. The van der Waals surface area contributed by atoms with Gasteiger partial charge in [-0.2, -0.15) is 0 Å². The molecule has 0 spiro atoms. The van der Waals surface area contributed by atoms with Crippen molar-refractivity contribution in [3.05, 3.63) is 12.7 Å². The molecule has 0 bridgehead atoms. The molecule has 0 aromatic heterocycles. The van der Waals surface area contributed by atoms with E-state index >= 15 is 0 Å². The second kappa shape index (κ2) is 1.97. The SMILES string of the molecule is C=CC[N+](F)(F)F. The number of halogens is 3. The van der Waals surface area contributed by atoms with Crippen molar-refractivity contribution in [3.63, 3.8) is 0 Å². The minimum Gasteiger partial charge on any atom is -0.0971 e. The molecule has 0 rings (SSSR count). The van der Waals surface area contributed by atoms with Crippen LogP contribution >= 0.6 is 0 Å². The molecular formula is C3H5F3N+. The van der Waals surface area contributed by atoms with E-state index in [9.17, 15) is 13.4 Å². The second-order valence-electron chi connectivity index (χ2n) is 1.02. The molecule has 0 aromatic rings. The highest BCUT2D eigenvalue weighted by Crippen LogP contribution is 2.08. The Bertz CT molecular complexity index is 65.1. The first-order chi connectivity index (χ1) is 3.06. The van der Waals surface area contributed by atoms with Crippen LogP contribution in [0.25, 0.3) is 0 Å². The Hall–Kier alpha value is -0.510. The molecule has 0 radical (unpaired) electrons. The number of hydrogen-bond donors (Lipinski definition) is 0. The van der Waals surface area contributed by atoms with Crippen LogP contribution in [0, 0.1) is 0 Å². The fraction of sp³-hybridized carbons (Fsp3) is 0.333. The Labute approximate surface area is 39.1 Å². The van der Waals surface area contributed by atoms with E-state index in [4.69, 9.17) is 0 Å². The van der Waals surface area contributed by atoms with Gasteiger partial charge in [0.1, 0.15) is 0 Å². The molecule has 7 heavy (non-hydrogen) atoms. The van der Waals surface area contributed by atoms with E-state index in [2.05, 4.69) is 6.58 Å². The lowest BCUT2D eigenvalue weighted by Gasteiger charge is -1.91. The molecule has 0 aliphatic carbocycles. The van der Waals surface area contributed by atoms with Crippen LogP contribution in [0.1, 0.15) is 0 Å². The molecule has 1 nitrogen and oxygen atoms in total. The van der Waals surface area contributed by atoms with Gasteiger partial charge in [-0.25, -0.2) is 0 Å². The number of hydrogen-bond acceptors (Lipinski definition) is 0. The lowest BCUT2D eigenvalue weighted by molar-refractivity contribution is -1.26. The number of quaternary nitrogens is 1. The molecule has 0 saturated heterocycles. The van der Waals surface area contributed by atoms with E-state index in [0.717, 1.165) is 6.08 Å². The summed E-state index contributed by atoms with van der Waals surface area (Å²) in [5.74, 6) is 0. The Kier molecular flexibility index (Phi) is 1.83. The van der Waals surface area contributed by atoms with Gasteiger partial charge in [-0.05, 0) is 6.08 Å². The van der Waals surface area contributed by atoms with Gasteiger partial charge in [-0.15, -0.1) is 0 Å². The van der Waals surface area contributed by atoms with Crippen LogP contribution in [0.4, 0.5) is 13.4 Å². The molecule has 4 heteroatoms. The van der Waals surface area contributed by atoms with Gasteiger partial charge in [0.15, 0.2) is 0 Å². The van der Waals surface area contributed by atoms with Gasteiger partial charge in [-0.1, -0.05) is 6.58 Å². The average Bonchev–Trinajstić information content (AvgIpc) is 1.30. The van der Waals surface area contributed by atoms with Crippen molar-refractivity contribution >= 4 is 0 Å². The number of nitrogens with zero attached hydrogens (tertiary/aromatic N) is 1. The van der Waals surface area contributed by atoms with E-state index in [0.29, 0.717) is 0 Å². The zero-order chi connectivity index (χ0) is 5.91. The fourth-order valence-corrected chi connectivity index (χ4v) is 0.146. The van der Waals surface area contributed by atoms with Crippen LogP contribution in [-0.4, -0.2) is 11.7 Å². The molecule has 42 valence electrons. The van der Waals surface area contributed by atoms with Crippen LogP contribution in [0.5, 0.6) is 0 Å². The molecular weight excluding hydrogens is 107 g/mol. The molecule has 0 aliphatic heterocycles. The summed E-state index contributed by atoms with van der Waals surface area (Å²) in [4.78, 5) is 0. The van der Waals surface area contributed by atoms with Gasteiger partial charge < -0.3 is 0 Å². The first kappa shape index (κ1) is 6.49. The van der Waals surface area contributed by atoms with Gasteiger partial charge in [0.2, 0.25) is 11.7 Å². The predicted molar refractivity (Wildman–Crippen MR) is 18.6 cm³/mol. The quantitative estimate of drug-likeness (QED) is 0.376. The molecule has 0 amide bonds. The monoisotopic (exact) mass is 112 g/mol. The van der Waals surface area contributed by atoms with E-state index in [1.807, 2.05) is 0 Å². The van der Waals surface area contributed by atoms with Gasteiger partial charge >= 0.3 is 0 Å². The van der Waals surface area contributed by atoms with E-state index in [1.54, 1.807) is 0 Å². The molecule has 0 fully saturated rings. The summed E-state index contributed by atoms with van der Waals surface area (Å²) >= 11 is 0. The zero-order valence-electron chi connectivity index (χ0n) is 3.57. The van der Waals surface area contributed by atoms with Gasteiger partial charge in [0, 0.05) is 0 Å². The molecule has 0 saturated carbocycles.